The van der Waals surface area contributed by atoms with E-state index in [1.165, 1.54) is 5.06 Å². The highest BCUT2D eigenvalue weighted by atomic mass is 16.7. The smallest absolute Gasteiger partial charge is 0.249 e. The quantitative estimate of drug-likeness (QED) is 0.629. The maximum atomic E-state index is 11.6. The number of hydroxylamine groups is 2. The van der Waals surface area contributed by atoms with Gasteiger partial charge in [-0.3, -0.25) is 9.63 Å². The van der Waals surface area contributed by atoms with E-state index in [0.717, 1.165) is 13.0 Å². The molecule has 0 aromatic heterocycles. The van der Waals surface area contributed by atoms with Crippen molar-refractivity contribution in [2.45, 2.75) is 27.2 Å². The van der Waals surface area contributed by atoms with Crippen molar-refractivity contribution >= 4 is 5.91 Å². The minimum absolute atomic E-state index is 0.0723. The van der Waals surface area contributed by atoms with Gasteiger partial charge in [-0.05, 0) is 12.3 Å². The zero-order valence-electron chi connectivity index (χ0n) is 8.04. The highest BCUT2D eigenvalue weighted by Crippen LogP contribution is 2.16. The fourth-order valence-corrected chi connectivity index (χ4v) is 1.13. The molecule has 1 atom stereocenters. The lowest BCUT2D eigenvalue weighted by Crippen LogP contribution is -2.33. The van der Waals surface area contributed by atoms with Crippen LogP contribution in [0.25, 0.3) is 0 Å². The van der Waals surface area contributed by atoms with Crippen molar-refractivity contribution in [1.29, 1.82) is 0 Å². The predicted molar refractivity (Wildman–Crippen MR) is 46.3 cm³/mol. The standard InChI is InChI=1S/C9H17NO2/c1-7(2)8(3)9(11)10-5-4-6-12-10/h7-8H,4-6H2,1-3H3. The maximum absolute atomic E-state index is 11.6. The summed E-state index contributed by atoms with van der Waals surface area (Å²) in [5, 5.41) is 1.50. The second-order valence-electron chi connectivity index (χ2n) is 3.66. The molecule has 3 heteroatoms. The van der Waals surface area contributed by atoms with Gasteiger partial charge in [-0.2, -0.15) is 0 Å². The Morgan fingerprint density at radius 3 is 2.50 bits per heavy atom. The van der Waals surface area contributed by atoms with Gasteiger partial charge < -0.3 is 0 Å². The van der Waals surface area contributed by atoms with Gasteiger partial charge in [0.05, 0.1) is 13.2 Å². The molecule has 0 bridgehead atoms. The molecule has 0 radical (unpaired) electrons. The topological polar surface area (TPSA) is 29.5 Å². The van der Waals surface area contributed by atoms with Gasteiger partial charge in [-0.15, -0.1) is 0 Å². The summed E-state index contributed by atoms with van der Waals surface area (Å²) in [6.07, 6.45) is 0.969. The van der Waals surface area contributed by atoms with Crippen LogP contribution in [-0.4, -0.2) is 24.1 Å². The van der Waals surface area contributed by atoms with Crippen LogP contribution in [0.2, 0.25) is 0 Å². The Hall–Kier alpha value is -0.570. The number of carbonyl (C=O) groups is 1. The molecule has 1 fully saturated rings. The van der Waals surface area contributed by atoms with Gasteiger partial charge >= 0.3 is 0 Å². The average molecular weight is 171 g/mol. The number of carbonyl (C=O) groups excluding carboxylic acids is 1. The molecule has 1 heterocycles. The molecule has 1 aliphatic rings. The zero-order chi connectivity index (χ0) is 9.14. The molecule has 0 spiro atoms. The number of nitrogens with zero attached hydrogens (tertiary/aromatic N) is 1. The third kappa shape index (κ3) is 1.97. The molecule has 0 aliphatic carbocycles. The largest absolute Gasteiger partial charge is 0.272 e. The van der Waals surface area contributed by atoms with Crippen LogP contribution in [0, 0.1) is 11.8 Å². The Labute approximate surface area is 73.6 Å². The molecule has 1 unspecified atom stereocenters. The summed E-state index contributed by atoms with van der Waals surface area (Å²) >= 11 is 0. The summed E-state index contributed by atoms with van der Waals surface area (Å²) in [6, 6.07) is 0. The van der Waals surface area contributed by atoms with Gasteiger partial charge in [0.15, 0.2) is 0 Å². The van der Waals surface area contributed by atoms with Gasteiger partial charge in [0, 0.05) is 5.92 Å². The summed E-state index contributed by atoms with van der Waals surface area (Å²) in [4.78, 5) is 16.8. The number of hydrogen-bond acceptors (Lipinski definition) is 2. The first-order valence-corrected chi connectivity index (χ1v) is 4.57. The van der Waals surface area contributed by atoms with E-state index >= 15 is 0 Å². The number of rotatable bonds is 2. The minimum atomic E-state index is 0.0723. The van der Waals surface area contributed by atoms with E-state index in [9.17, 15) is 4.79 Å². The lowest BCUT2D eigenvalue weighted by Gasteiger charge is -2.21. The Morgan fingerprint density at radius 2 is 2.08 bits per heavy atom. The first-order chi connectivity index (χ1) is 5.63. The Morgan fingerprint density at radius 1 is 1.42 bits per heavy atom. The third-order valence-electron chi connectivity index (χ3n) is 2.39. The van der Waals surface area contributed by atoms with Crippen LogP contribution in [0.4, 0.5) is 0 Å². The molecule has 12 heavy (non-hydrogen) atoms. The van der Waals surface area contributed by atoms with Crippen LogP contribution in [0.15, 0.2) is 0 Å². The molecular weight excluding hydrogens is 154 g/mol. The van der Waals surface area contributed by atoms with Gasteiger partial charge in [0.25, 0.3) is 0 Å². The van der Waals surface area contributed by atoms with Gasteiger partial charge in [-0.1, -0.05) is 20.8 Å². The molecular formula is C9H17NO2. The van der Waals surface area contributed by atoms with Crippen molar-refractivity contribution in [2.24, 2.45) is 11.8 Å². The van der Waals surface area contributed by atoms with Crippen LogP contribution >= 0.6 is 0 Å². The average Bonchev–Trinajstić information content (AvgIpc) is 2.53. The summed E-state index contributed by atoms with van der Waals surface area (Å²) in [5.74, 6) is 0.590. The molecule has 1 aliphatic heterocycles. The SMILES string of the molecule is CC(C)C(C)C(=O)N1CCCO1. The van der Waals surface area contributed by atoms with E-state index in [0.29, 0.717) is 12.5 Å². The van der Waals surface area contributed by atoms with E-state index < -0.39 is 0 Å². The minimum Gasteiger partial charge on any atom is -0.272 e. The molecule has 1 saturated heterocycles. The van der Waals surface area contributed by atoms with Crippen molar-refractivity contribution in [3.8, 4) is 0 Å². The van der Waals surface area contributed by atoms with Crippen molar-refractivity contribution in [1.82, 2.24) is 5.06 Å². The Balaban J connectivity index is 2.45. The van der Waals surface area contributed by atoms with Crippen molar-refractivity contribution in [2.75, 3.05) is 13.2 Å². The van der Waals surface area contributed by atoms with E-state index in [-0.39, 0.29) is 11.8 Å². The second kappa shape index (κ2) is 3.90. The van der Waals surface area contributed by atoms with Crippen LogP contribution in [-0.2, 0) is 9.63 Å². The number of hydrogen-bond donors (Lipinski definition) is 0. The molecule has 70 valence electrons. The van der Waals surface area contributed by atoms with E-state index in [4.69, 9.17) is 4.84 Å². The molecule has 0 saturated carbocycles. The van der Waals surface area contributed by atoms with E-state index in [1.54, 1.807) is 0 Å². The first kappa shape index (κ1) is 9.52. The summed E-state index contributed by atoms with van der Waals surface area (Å²) in [7, 11) is 0. The third-order valence-corrected chi connectivity index (χ3v) is 2.39. The highest BCUT2D eigenvalue weighted by molar-refractivity contribution is 5.77. The summed E-state index contributed by atoms with van der Waals surface area (Å²) in [6.45, 7) is 7.51. The van der Waals surface area contributed by atoms with E-state index in [1.807, 2.05) is 6.92 Å². The molecule has 0 aromatic rings. The van der Waals surface area contributed by atoms with E-state index in [2.05, 4.69) is 13.8 Å². The molecule has 0 aromatic carbocycles. The van der Waals surface area contributed by atoms with Gasteiger partial charge in [0.2, 0.25) is 5.91 Å². The Bertz CT molecular complexity index is 158. The second-order valence-corrected chi connectivity index (χ2v) is 3.66. The van der Waals surface area contributed by atoms with Crippen molar-refractivity contribution in [3.63, 3.8) is 0 Å². The zero-order valence-corrected chi connectivity index (χ0v) is 8.04. The van der Waals surface area contributed by atoms with Crippen LogP contribution in [0.5, 0.6) is 0 Å². The maximum Gasteiger partial charge on any atom is 0.249 e. The Kier molecular flexibility index (Phi) is 3.09. The molecule has 1 rings (SSSR count). The van der Waals surface area contributed by atoms with Gasteiger partial charge in [0.1, 0.15) is 0 Å². The molecule has 0 N–H and O–H groups in total. The lowest BCUT2D eigenvalue weighted by molar-refractivity contribution is -0.174. The van der Waals surface area contributed by atoms with Crippen LogP contribution in [0.1, 0.15) is 27.2 Å². The predicted octanol–water partition coefficient (Wildman–Crippen LogP) is 1.44. The van der Waals surface area contributed by atoms with Crippen LogP contribution < -0.4 is 0 Å². The molecule has 1 amide bonds. The number of amides is 1. The van der Waals surface area contributed by atoms with Crippen molar-refractivity contribution < 1.29 is 9.63 Å². The fourth-order valence-electron chi connectivity index (χ4n) is 1.13. The lowest BCUT2D eigenvalue weighted by atomic mass is 9.97. The summed E-state index contributed by atoms with van der Waals surface area (Å²) in [5.41, 5.74) is 0. The normalized spacial score (nSPS) is 20.2. The van der Waals surface area contributed by atoms with Gasteiger partial charge in [-0.25, -0.2) is 5.06 Å². The summed E-state index contributed by atoms with van der Waals surface area (Å²) < 4.78 is 0. The van der Waals surface area contributed by atoms with Crippen LogP contribution in [0.3, 0.4) is 0 Å². The fraction of sp³-hybridized carbons (Fsp3) is 0.889. The molecule has 3 nitrogen and oxygen atoms in total. The first-order valence-electron chi connectivity index (χ1n) is 4.57. The van der Waals surface area contributed by atoms with Crippen molar-refractivity contribution in [3.05, 3.63) is 0 Å². The monoisotopic (exact) mass is 171 g/mol. The highest BCUT2D eigenvalue weighted by Gasteiger charge is 2.25.